The number of nitrogens with one attached hydrogen (secondary N) is 1. The summed E-state index contributed by atoms with van der Waals surface area (Å²) >= 11 is 3.79. The van der Waals surface area contributed by atoms with Gasteiger partial charge in [0.15, 0.2) is 0 Å². The van der Waals surface area contributed by atoms with Crippen LogP contribution in [0.4, 0.5) is 0 Å². The summed E-state index contributed by atoms with van der Waals surface area (Å²) in [6.07, 6.45) is 2.29. The molecule has 16 heavy (non-hydrogen) atoms. The van der Waals surface area contributed by atoms with E-state index in [1.165, 1.54) is 22.9 Å². The fourth-order valence-corrected chi connectivity index (χ4v) is 3.10. The Morgan fingerprint density at radius 3 is 2.81 bits per heavy atom. The van der Waals surface area contributed by atoms with Crippen LogP contribution in [0.2, 0.25) is 0 Å². The largest absolute Gasteiger partial charge is 0.316 e. The molecule has 1 rings (SSSR count). The Balaban J connectivity index is 2.37. The van der Waals surface area contributed by atoms with Crippen molar-refractivity contribution in [3.05, 3.63) is 16.1 Å². The Morgan fingerprint density at radius 1 is 1.56 bits per heavy atom. The van der Waals surface area contributed by atoms with Crippen molar-refractivity contribution >= 4 is 23.1 Å². The second-order valence-electron chi connectivity index (χ2n) is 4.10. The second-order valence-corrected chi connectivity index (χ2v) is 6.63. The van der Waals surface area contributed by atoms with E-state index in [2.05, 4.69) is 36.5 Å². The van der Waals surface area contributed by atoms with E-state index in [0.29, 0.717) is 6.04 Å². The van der Waals surface area contributed by atoms with Gasteiger partial charge < -0.3 is 5.32 Å². The van der Waals surface area contributed by atoms with Crippen molar-refractivity contribution < 1.29 is 0 Å². The first-order valence-electron chi connectivity index (χ1n) is 5.85. The van der Waals surface area contributed by atoms with Gasteiger partial charge in [-0.2, -0.15) is 11.8 Å². The van der Waals surface area contributed by atoms with Crippen LogP contribution in [0.5, 0.6) is 0 Å². The molecule has 1 heterocycles. The van der Waals surface area contributed by atoms with E-state index in [1.807, 2.05) is 18.8 Å². The minimum atomic E-state index is 0.542. The molecule has 0 saturated heterocycles. The maximum atomic E-state index is 4.51. The average molecular weight is 258 g/mol. The van der Waals surface area contributed by atoms with Gasteiger partial charge in [0.1, 0.15) is 0 Å². The third kappa shape index (κ3) is 4.85. The van der Waals surface area contributed by atoms with Crippen molar-refractivity contribution in [2.24, 2.45) is 0 Å². The smallest absolute Gasteiger partial charge is 0.0897 e. The number of hydrogen-bond donors (Lipinski definition) is 1. The molecular weight excluding hydrogens is 236 g/mol. The van der Waals surface area contributed by atoms with Gasteiger partial charge in [-0.25, -0.2) is 4.98 Å². The first-order valence-corrected chi connectivity index (χ1v) is 7.78. The summed E-state index contributed by atoms with van der Waals surface area (Å²) in [6.45, 7) is 6.61. The van der Waals surface area contributed by atoms with Crippen LogP contribution in [-0.2, 0) is 6.42 Å². The van der Waals surface area contributed by atoms with Crippen molar-refractivity contribution in [1.82, 2.24) is 10.3 Å². The van der Waals surface area contributed by atoms with E-state index in [4.69, 9.17) is 0 Å². The fourth-order valence-electron chi connectivity index (χ4n) is 1.40. The summed E-state index contributed by atoms with van der Waals surface area (Å²) in [5, 5.41) is 7.48. The van der Waals surface area contributed by atoms with Crippen LogP contribution in [0.25, 0.3) is 0 Å². The minimum absolute atomic E-state index is 0.542. The fraction of sp³-hybridized carbons (Fsp3) is 0.750. The lowest BCUT2D eigenvalue weighted by molar-refractivity contribution is 0.609. The molecule has 0 bridgehead atoms. The zero-order chi connectivity index (χ0) is 12.0. The number of aromatic nitrogens is 1. The summed E-state index contributed by atoms with van der Waals surface area (Å²) in [7, 11) is 2.04. The highest BCUT2D eigenvalue weighted by molar-refractivity contribution is 7.99. The normalized spacial score (nSPS) is 15.0. The third-order valence-corrected chi connectivity index (χ3v) is 5.01. The van der Waals surface area contributed by atoms with Crippen molar-refractivity contribution in [3.8, 4) is 0 Å². The van der Waals surface area contributed by atoms with Crippen LogP contribution in [0.1, 0.15) is 31.0 Å². The molecule has 1 aromatic heterocycles. The molecular formula is C12H22N2S2. The molecule has 0 aliphatic rings. The van der Waals surface area contributed by atoms with E-state index < -0.39 is 0 Å². The Labute approximate surface area is 107 Å². The Hall–Kier alpha value is -0.0600. The van der Waals surface area contributed by atoms with Crippen LogP contribution < -0.4 is 5.32 Å². The quantitative estimate of drug-likeness (QED) is 0.813. The predicted molar refractivity (Wildman–Crippen MR) is 75.6 cm³/mol. The molecule has 1 N–H and O–H groups in total. The van der Waals surface area contributed by atoms with E-state index in [0.717, 1.165) is 11.7 Å². The molecule has 2 atom stereocenters. The molecule has 0 amide bonds. The van der Waals surface area contributed by atoms with E-state index in [-0.39, 0.29) is 0 Å². The van der Waals surface area contributed by atoms with Crippen molar-refractivity contribution in [2.75, 3.05) is 12.8 Å². The molecule has 0 aliphatic carbocycles. The first kappa shape index (κ1) is 14.0. The van der Waals surface area contributed by atoms with Gasteiger partial charge >= 0.3 is 0 Å². The molecule has 0 fully saturated rings. The molecule has 1 aromatic rings. The minimum Gasteiger partial charge on any atom is -0.316 e. The molecule has 0 aliphatic heterocycles. The number of likely N-dealkylation sites (N-methyl/N-ethyl adjacent to an activating group) is 1. The number of thiazole rings is 1. The highest BCUT2D eigenvalue weighted by atomic mass is 32.2. The van der Waals surface area contributed by atoms with Gasteiger partial charge in [-0.05, 0) is 20.4 Å². The summed E-state index contributed by atoms with van der Waals surface area (Å²) < 4.78 is 0. The molecule has 4 heteroatoms. The average Bonchev–Trinajstić information content (AvgIpc) is 2.69. The zero-order valence-corrected chi connectivity index (χ0v) is 12.3. The predicted octanol–water partition coefficient (Wildman–Crippen LogP) is 3.11. The van der Waals surface area contributed by atoms with Crippen LogP contribution in [0.3, 0.4) is 0 Å². The van der Waals surface area contributed by atoms with Crippen LogP contribution in [0.15, 0.2) is 5.38 Å². The SMILES string of the molecule is CCC(C)SCC(Cc1csc(C)n1)NC. The van der Waals surface area contributed by atoms with Gasteiger partial charge in [0.25, 0.3) is 0 Å². The van der Waals surface area contributed by atoms with Crippen molar-refractivity contribution in [3.63, 3.8) is 0 Å². The van der Waals surface area contributed by atoms with Crippen molar-refractivity contribution in [1.29, 1.82) is 0 Å². The standard InChI is InChI=1S/C12H22N2S2/c1-5-9(2)15-7-11(13-4)6-12-8-16-10(3)14-12/h8-9,11,13H,5-7H2,1-4H3. The van der Waals surface area contributed by atoms with E-state index in [9.17, 15) is 0 Å². The van der Waals surface area contributed by atoms with E-state index in [1.54, 1.807) is 11.3 Å². The molecule has 2 unspecified atom stereocenters. The van der Waals surface area contributed by atoms with Gasteiger partial charge in [0, 0.05) is 28.8 Å². The maximum Gasteiger partial charge on any atom is 0.0897 e. The molecule has 0 saturated carbocycles. The Bertz CT molecular complexity index is 299. The second kappa shape index (κ2) is 7.30. The van der Waals surface area contributed by atoms with Crippen LogP contribution >= 0.6 is 23.1 Å². The summed E-state index contributed by atoms with van der Waals surface area (Å²) in [5.74, 6) is 1.17. The van der Waals surface area contributed by atoms with Gasteiger partial charge in [0.2, 0.25) is 0 Å². The molecule has 2 nitrogen and oxygen atoms in total. The monoisotopic (exact) mass is 258 g/mol. The van der Waals surface area contributed by atoms with Gasteiger partial charge in [0.05, 0.1) is 10.7 Å². The number of rotatable bonds is 7. The van der Waals surface area contributed by atoms with Crippen molar-refractivity contribution in [2.45, 2.75) is 44.9 Å². The molecule has 0 radical (unpaired) electrons. The molecule has 92 valence electrons. The topological polar surface area (TPSA) is 24.9 Å². The summed E-state index contributed by atoms with van der Waals surface area (Å²) in [6, 6.07) is 0.542. The lowest BCUT2D eigenvalue weighted by Crippen LogP contribution is -2.30. The third-order valence-electron chi connectivity index (χ3n) is 2.69. The Kier molecular flexibility index (Phi) is 6.39. The molecule has 0 spiro atoms. The summed E-state index contributed by atoms with van der Waals surface area (Å²) in [5.41, 5.74) is 1.23. The lowest BCUT2D eigenvalue weighted by Gasteiger charge is -2.16. The van der Waals surface area contributed by atoms with Crippen LogP contribution in [-0.4, -0.2) is 29.1 Å². The summed E-state index contributed by atoms with van der Waals surface area (Å²) in [4.78, 5) is 4.51. The highest BCUT2D eigenvalue weighted by Gasteiger charge is 2.11. The van der Waals surface area contributed by atoms with Crippen LogP contribution in [0, 0.1) is 6.92 Å². The maximum absolute atomic E-state index is 4.51. The number of hydrogen-bond acceptors (Lipinski definition) is 4. The lowest BCUT2D eigenvalue weighted by atomic mass is 10.2. The Morgan fingerprint density at radius 2 is 2.31 bits per heavy atom. The number of thioether (sulfide) groups is 1. The van der Waals surface area contributed by atoms with Gasteiger partial charge in [-0.1, -0.05) is 13.8 Å². The first-order chi connectivity index (χ1) is 7.65. The number of nitrogens with zero attached hydrogens (tertiary/aromatic N) is 1. The van der Waals surface area contributed by atoms with Gasteiger partial charge in [-0.3, -0.25) is 0 Å². The zero-order valence-electron chi connectivity index (χ0n) is 10.6. The van der Waals surface area contributed by atoms with E-state index >= 15 is 0 Å². The molecule has 0 aromatic carbocycles. The number of aryl methyl sites for hydroxylation is 1. The highest BCUT2D eigenvalue weighted by Crippen LogP contribution is 2.17. The van der Waals surface area contributed by atoms with Gasteiger partial charge in [-0.15, -0.1) is 11.3 Å².